The molecule has 0 aliphatic heterocycles. The summed E-state index contributed by atoms with van der Waals surface area (Å²) in [6.45, 7) is 4.70. The Bertz CT molecular complexity index is 648. The highest BCUT2D eigenvalue weighted by molar-refractivity contribution is 5.26. The first-order valence-corrected chi connectivity index (χ1v) is 15.8. The fourth-order valence-corrected chi connectivity index (χ4v) is 8.02. The first-order valence-electron chi connectivity index (χ1n) is 15.8. The summed E-state index contributed by atoms with van der Waals surface area (Å²) >= 11 is 0. The summed E-state index contributed by atoms with van der Waals surface area (Å²) in [5.74, 6) is 6.04. The zero-order valence-electron chi connectivity index (χ0n) is 22.9. The average molecular weight is 465 g/mol. The number of benzene rings is 1. The molecule has 0 heteroatoms. The summed E-state index contributed by atoms with van der Waals surface area (Å²) in [6, 6.07) is 9.89. The molecule has 34 heavy (non-hydrogen) atoms. The van der Waals surface area contributed by atoms with Gasteiger partial charge in [0.2, 0.25) is 0 Å². The number of aryl methyl sites for hydroxylation is 1. The molecule has 0 bridgehead atoms. The van der Waals surface area contributed by atoms with Crippen LogP contribution in [0, 0.1) is 29.6 Å². The minimum absolute atomic E-state index is 0.837. The van der Waals surface area contributed by atoms with Crippen molar-refractivity contribution in [1.82, 2.24) is 0 Å². The maximum absolute atomic E-state index is 2.48. The Morgan fingerprint density at radius 2 is 0.853 bits per heavy atom. The Kier molecular flexibility index (Phi) is 10.9. The van der Waals surface area contributed by atoms with E-state index < -0.39 is 0 Å². The molecule has 1 aromatic rings. The predicted molar refractivity (Wildman–Crippen MR) is 149 cm³/mol. The lowest BCUT2D eigenvalue weighted by Crippen LogP contribution is -2.18. The number of hydrogen-bond donors (Lipinski definition) is 0. The maximum atomic E-state index is 2.48. The van der Waals surface area contributed by atoms with Crippen LogP contribution in [0.1, 0.15) is 153 Å². The molecular weight excluding hydrogens is 408 g/mol. The van der Waals surface area contributed by atoms with E-state index >= 15 is 0 Å². The fourth-order valence-electron chi connectivity index (χ4n) is 8.02. The standard InChI is InChI=1S/C34H56/c1-3-5-27-7-9-29(10-8-27)11-12-30-13-15-31(16-14-30)17-18-32-21-25-34(26-22-32)33-23-19-28(6-4-2)20-24-33/h21-22,25-31,33H,3-20,23-24H2,1-2H3. The van der Waals surface area contributed by atoms with Crippen molar-refractivity contribution in [2.45, 2.75) is 148 Å². The molecule has 1 aromatic carbocycles. The number of rotatable bonds is 11. The van der Waals surface area contributed by atoms with E-state index in [9.17, 15) is 0 Å². The molecule has 4 rings (SSSR count). The highest BCUT2D eigenvalue weighted by Crippen LogP contribution is 2.39. The van der Waals surface area contributed by atoms with Gasteiger partial charge in [0.1, 0.15) is 0 Å². The van der Waals surface area contributed by atoms with Gasteiger partial charge < -0.3 is 0 Å². The van der Waals surface area contributed by atoms with Crippen molar-refractivity contribution in [1.29, 1.82) is 0 Å². The van der Waals surface area contributed by atoms with Gasteiger partial charge in [-0.15, -0.1) is 0 Å². The zero-order valence-corrected chi connectivity index (χ0v) is 22.9. The predicted octanol–water partition coefficient (Wildman–Crippen LogP) is 10.9. The lowest BCUT2D eigenvalue weighted by atomic mass is 9.74. The molecule has 0 unspecified atom stereocenters. The first-order chi connectivity index (χ1) is 16.7. The third-order valence-corrected chi connectivity index (χ3v) is 10.4. The second-order valence-corrected chi connectivity index (χ2v) is 12.9. The second-order valence-electron chi connectivity index (χ2n) is 12.9. The molecule has 0 N–H and O–H groups in total. The van der Waals surface area contributed by atoms with Gasteiger partial charge in [0.05, 0.1) is 0 Å². The first kappa shape index (κ1) is 26.3. The minimum Gasteiger partial charge on any atom is -0.0654 e. The van der Waals surface area contributed by atoms with Crippen molar-refractivity contribution in [2.24, 2.45) is 29.6 Å². The van der Waals surface area contributed by atoms with Gasteiger partial charge in [-0.3, -0.25) is 0 Å². The molecule has 0 radical (unpaired) electrons. The fraction of sp³-hybridized carbons (Fsp3) is 0.824. The van der Waals surface area contributed by atoms with Gasteiger partial charge in [-0.2, -0.15) is 0 Å². The summed E-state index contributed by atoms with van der Waals surface area (Å²) in [7, 11) is 0. The summed E-state index contributed by atoms with van der Waals surface area (Å²) in [5.41, 5.74) is 3.21. The summed E-state index contributed by atoms with van der Waals surface area (Å²) < 4.78 is 0. The summed E-state index contributed by atoms with van der Waals surface area (Å²) in [4.78, 5) is 0. The van der Waals surface area contributed by atoms with Crippen molar-refractivity contribution < 1.29 is 0 Å². The minimum atomic E-state index is 0.837. The van der Waals surface area contributed by atoms with E-state index in [1.807, 2.05) is 0 Å². The molecule has 0 aromatic heterocycles. The molecule has 0 spiro atoms. The van der Waals surface area contributed by atoms with Crippen molar-refractivity contribution in [3.63, 3.8) is 0 Å². The molecule has 0 saturated heterocycles. The molecular formula is C34H56. The van der Waals surface area contributed by atoms with Crippen LogP contribution in [0.4, 0.5) is 0 Å². The van der Waals surface area contributed by atoms with Crippen molar-refractivity contribution in [3.05, 3.63) is 35.4 Å². The SMILES string of the molecule is CCCC1CCC(CCC2CCC(CCc3ccc(C4CCC(CCC)CC4)cc3)CC2)CC1. The third-order valence-electron chi connectivity index (χ3n) is 10.4. The highest BCUT2D eigenvalue weighted by Gasteiger charge is 2.25. The van der Waals surface area contributed by atoms with Gasteiger partial charge in [-0.1, -0.05) is 128 Å². The van der Waals surface area contributed by atoms with Crippen LogP contribution < -0.4 is 0 Å². The van der Waals surface area contributed by atoms with Crippen LogP contribution in [-0.2, 0) is 6.42 Å². The summed E-state index contributed by atoms with van der Waals surface area (Å²) in [6.07, 6.45) is 29.5. The Morgan fingerprint density at radius 3 is 1.29 bits per heavy atom. The van der Waals surface area contributed by atoms with Crippen LogP contribution in [0.5, 0.6) is 0 Å². The van der Waals surface area contributed by atoms with E-state index in [-0.39, 0.29) is 0 Å². The second kappa shape index (κ2) is 14.1. The zero-order chi connectivity index (χ0) is 23.6. The maximum Gasteiger partial charge on any atom is -0.0162 e. The van der Waals surface area contributed by atoms with E-state index in [1.54, 1.807) is 30.4 Å². The lowest BCUT2D eigenvalue weighted by Gasteiger charge is -2.32. The molecule has 3 fully saturated rings. The van der Waals surface area contributed by atoms with E-state index in [0.29, 0.717) is 0 Å². The van der Waals surface area contributed by atoms with Gasteiger partial charge in [0, 0.05) is 0 Å². The Labute approximate surface area is 213 Å². The molecule has 0 nitrogen and oxygen atoms in total. The molecule has 3 aliphatic carbocycles. The molecule has 0 atom stereocenters. The van der Waals surface area contributed by atoms with Gasteiger partial charge >= 0.3 is 0 Å². The molecule has 3 saturated carbocycles. The molecule has 3 aliphatic rings. The molecule has 192 valence electrons. The quantitative estimate of drug-likeness (QED) is 0.305. The van der Waals surface area contributed by atoms with Crippen molar-refractivity contribution in [3.8, 4) is 0 Å². The van der Waals surface area contributed by atoms with Gasteiger partial charge in [-0.05, 0) is 85.2 Å². The Balaban J connectivity index is 1.09. The Hall–Kier alpha value is -0.780. The van der Waals surface area contributed by atoms with Crippen LogP contribution in [0.25, 0.3) is 0 Å². The van der Waals surface area contributed by atoms with Crippen LogP contribution in [0.2, 0.25) is 0 Å². The van der Waals surface area contributed by atoms with Crippen molar-refractivity contribution in [2.75, 3.05) is 0 Å². The normalized spacial score (nSPS) is 32.5. The van der Waals surface area contributed by atoms with Crippen LogP contribution in [0.15, 0.2) is 24.3 Å². The highest BCUT2D eigenvalue weighted by atomic mass is 14.3. The van der Waals surface area contributed by atoms with Gasteiger partial charge in [-0.25, -0.2) is 0 Å². The van der Waals surface area contributed by atoms with Crippen LogP contribution in [0.3, 0.4) is 0 Å². The topological polar surface area (TPSA) is 0 Å². The lowest BCUT2D eigenvalue weighted by molar-refractivity contribution is 0.209. The monoisotopic (exact) mass is 464 g/mol. The Morgan fingerprint density at radius 1 is 0.471 bits per heavy atom. The van der Waals surface area contributed by atoms with Crippen molar-refractivity contribution >= 4 is 0 Å². The van der Waals surface area contributed by atoms with E-state index in [1.165, 1.54) is 109 Å². The van der Waals surface area contributed by atoms with Crippen LogP contribution in [-0.4, -0.2) is 0 Å². The number of hydrogen-bond acceptors (Lipinski definition) is 0. The van der Waals surface area contributed by atoms with Gasteiger partial charge in [0.25, 0.3) is 0 Å². The van der Waals surface area contributed by atoms with E-state index in [2.05, 4.69) is 38.1 Å². The average Bonchev–Trinajstić information content (AvgIpc) is 2.89. The van der Waals surface area contributed by atoms with Crippen LogP contribution >= 0.6 is 0 Å². The van der Waals surface area contributed by atoms with E-state index in [0.717, 1.165) is 35.5 Å². The van der Waals surface area contributed by atoms with E-state index in [4.69, 9.17) is 0 Å². The largest absolute Gasteiger partial charge is 0.0654 e. The smallest absolute Gasteiger partial charge is 0.0162 e. The molecule has 0 amide bonds. The van der Waals surface area contributed by atoms with Gasteiger partial charge in [0.15, 0.2) is 0 Å². The molecule has 0 heterocycles. The third kappa shape index (κ3) is 8.13. The summed E-state index contributed by atoms with van der Waals surface area (Å²) in [5, 5.41) is 0.